The SMILES string of the molecule is Cc1noc(C)c1S(=O)(=O)N1CCN(Cc2nccn2C)CC1. The molecule has 1 aliphatic heterocycles. The van der Waals surface area contributed by atoms with Crippen molar-refractivity contribution in [3.63, 3.8) is 0 Å². The molecule has 0 radical (unpaired) electrons. The lowest BCUT2D eigenvalue weighted by atomic mass is 10.3. The third kappa shape index (κ3) is 3.04. The maximum Gasteiger partial charge on any atom is 0.248 e. The molecular formula is C14H21N5O3S. The second kappa shape index (κ2) is 6.06. The van der Waals surface area contributed by atoms with Crippen LogP contribution in [0.2, 0.25) is 0 Å². The quantitative estimate of drug-likeness (QED) is 0.808. The van der Waals surface area contributed by atoms with Crippen LogP contribution in [0.5, 0.6) is 0 Å². The second-order valence-corrected chi connectivity index (χ2v) is 7.66. The third-order valence-corrected chi connectivity index (χ3v) is 6.33. The first kappa shape index (κ1) is 16.2. The third-order valence-electron chi connectivity index (χ3n) is 4.18. The molecule has 0 aliphatic carbocycles. The van der Waals surface area contributed by atoms with Gasteiger partial charge in [0.15, 0.2) is 5.76 Å². The van der Waals surface area contributed by atoms with Crippen molar-refractivity contribution in [1.82, 2.24) is 23.9 Å². The Morgan fingerprint density at radius 1 is 1.22 bits per heavy atom. The summed E-state index contributed by atoms with van der Waals surface area (Å²) in [6.45, 7) is 6.27. The molecule has 23 heavy (non-hydrogen) atoms. The number of aromatic nitrogens is 3. The van der Waals surface area contributed by atoms with Gasteiger partial charge in [0.05, 0.1) is 6.54 Å². The zero-order valence-electron chi connectivity index (χ0n) is 13.6. The Balaban J connectivity index is 1.68. The van der Waals surface area contributed by atoms with E-state index < -0.39 is 10.0 Å². The standard InChI is InChI=1S/C14H21N5O3S/c1-11-14(12(2)22-16-11)23(20,21)19-8-6-18(7-9-19)10-13-15-4-5-17(13)3/h4-5H,6-10H2,1-3H3. The molecule has 0 saturated carbocycles. The summed E-state index contributed by atoms with van der Waals surface area (Å²) in [5.74, 6) is 1.32. The first-order valence-electron chi connectivity index (χ1n) is 7.51. The van der Waals surface area contributed by atoms with E-state index in [0.717, 1.165) is 12.4 Å². The van der Waals surface area contributed by atoms with Crippen molar-refractivity contribution in [3.05, 3.63) is 29.7 Å². The Morgan fingerprint density at radius 2 is 1.91 bits per heavy atom. The van der Waals surface area contributed by atoms with Crippen LogP contribution in [0.15, 0.2) is 21.8 Å². The van der Waals surface area contributed by atoms with Crippen LogP contribution in [0.25, 0.3) is 0 Å². The summed E-state index contributed by atoms with van der Waals surface area (Å²) in [7, 11) is -1.59. The molecule has 0 bridgehead atoms. The van der Waals surface area contributed by atoms with Crippen molar-refractivity contribution in [1.29, 1.82) is 0 Å². The van der Waals surface area contributed by atoms with Gasteiger partial charge >= 0.3 is 0 Å². The summed E-state index contributed by atoms with van der Waals surface area (Å²) >= 11 is 0. The smallest absolute Gasteiger partial charge is 0.248 e. The molecule has 0 atom stereocenters. The topological polar surface area (TPSA) is 84.5 Å². The Morgan fingerprint density at radius 3 is 2.43 bits per heavy atom. The van der Waals surface area contributed by atoms with Crippen LogP contribution in [-0.2, 0) is 23.6 Å². The molecule has 0 N–H and O–H groups in total. The lowest BCUT2D eigenvalue weighted by molar-refractivity contribution is 0.176. The van der Waals surface area contributed by atoms with Crippen LogP contribution in [0.3, 0.4) is 0 Å². The van der Waals surface area contributed by atoms with Crippen LogP contribution in [0, 0.1) is 13.8 Å². The average molecular weight is 339 g/mol. The fraction of sp³-hybridized carbons (Fsp3) is 0.571. The Labute approximate surface area is 135 Å². The van der Waals surface area contributed by atoms with Crippen LogP contribution < -0.4 is 0 Å². The molecule has 0 aromatic carbocycles. The fourth-order valence-electron chi connectivity index (χ4n) is 2.85. The van der Waals surface area contributed by atoms with Gasteiger partial charge in [0, 0.05) is 45.6 Å². The summed E-state index contributed by atoms with van der Waals surface area (Å²) in [4.78, 5) is 6.72. The maximum atomic E-state index is 12.8. The van der Waals surface area contributed by atoms with Crippen molar-refractivity contribution in [2.75, 3.05) is 26.2 Å². The minimum atomic E-state index is -3.54. The molecule has 1 fully saturated rings. The van der Waals surface area contributed by atoms with E-state index in [4.69, 9.17) is 4.52 Å². The number of piperazine rings is 1. The number of imidazole rings is 1. The van der Waals surface area contributed by atoms with Gasteiger partial charge in [0.2, 0.25) is 10.0 Å². The van der Waals surface area contributed by atoms with E-state index in [2.05, 4.69) is 15.0 Å². The largest absolute Gasteiger partial charge is 0.360 e. The van der Waals surface area contributed by atoms with Crippen molar-refractivity contribution in [2.45, 2.75) is 25.3 Å². The Bertz CT molecular complexity index is 768. The highest BCUT2D eigenvalue weighted by atomic mass is 32.2. The molecular weight excluding hydrogens is 318 g/mol. The van der Waals surface area contributed by atoms with Crippen molar-refractivity contribution in [2.24, 2.45) is 7.05 Å². The molecule has 3 rings (SSSR count). The zero-order valence-corrected chi connectivity index (χ0v) is 14.4. The van der Waals surface area contributed by atoms with Gasteiger partial charge in [0.1, 0.15) is 16.4 Å². The van der Waals surface area contributed by atoms with Crippen LogP contribution in [0.4, 0.5) is 0 Å². The summed E-state index contributed by atoms with van der Waals surface area (Å²) < 4.78 is 34.0. The first-order valence-corrected chi connectivity index (χ1v) is 8.95. The van der Waals surface area contributed by atoms with Gasteiger partial charge in [0.25, 0.3) is 0 Å². The molecule has 1 aliphatic rings. The molecule has 0 unspecified atom stereocenters. The van der Waals surface area contributed by atoms with Gasteiger partial charge in [-0.25, -0.2) is 13.4 Å². The highest BCUT2D eigenvalue weighted by Gasteiger charge is 2.33. The number of nitrogens with zero attached hydrogens (tertiary/aromatic N) is 5. The molecule has 8 nitrogen and oxygen atoms in total. The molecule has 1 saturated heterocycles. The van der Waals surface area contributed by atoms with Crippen LogP contribution >= 0.6 is 0 Å². The highest BCUT2D eigenvalue weighted by Crippen LogP contribution is 2.24. The van der Waals surface area contributed by atoms with E-state index in [0.29, 0.717) is 37.6 Å². The number of sulfonamides is 1. The average Bonchev–Trinajstić information content (AvgIpc) is 3.06. The van der Waals surface area contributed by atoms with E-state index >= 15 is 0 Å². The second-order valence-electron chi connectivity index (χ2n) is 5.79. The summed E-state index contributed by atoms with van der Waals surface area (Å²) in [5, 5.41) is 3.75. The molecule has 2 aromatic rings. The van der Waals surface area contributed by atoms with E-state index in [1.165, 1.54) is 4.31 Å². The van der Waals surface area contributed by atoms with Gasteiger partial charge in [-0.05, 0) is 13.8 Å². The normalized spacial score (nSPS) is 17.7. The summed E-state index contributed by atoms with van der Waals surface area (Å²) in [5.41, 5.74) is 0.415. The summed E-state index contributed by atoms with van der Waals surface area (Å²) in [6, 6.07) is 0. The molecule has 126 valence electrons. The number of hydrogen-bond donors (Lipinski definition) is 0. The fourth-order valence-corrected chi connectivity index (χ4v) is 4.56. The van der Waals surface area contributed by atoms with Crippen molar-refractivity contribution < 1.29 is 12.9 Å². The van der Waals surface area contributed by atoms with E-state index in [1.807, 2.05) is 17.8 Å². The monoisotopic (exact) mass is 339 g/mol. The van der Waals surface area contributed by atoms with Gasteiger partial charge in [-0.1, -0.05) is 5.16 Å². The molecule has 9 heteroatoms. The predicted octanol–water partition coefficient (Wildman–Crippen LogP) is 0.531. The summed E-state index contributed by atoms with van der Waals surface area (Å²) in [6.07, 6.45) is 3.68. The lowest BCUT2D eigenvalue weighted by Crippen LogP contribution is -2.48. The van der Waals surface area contributed by atoms with E-state index in [-0.39, 0.29) is 4.90 Å². The van der Waals surface area contributed by atoms with Gasteiger partial charge < -0.3 is 9.09 Å². The first-order chi connectivity index (χ1) is 10.9. The van der Waals surface area contributed by atoms with Gasteiger partial charge in [-0.2, -0.15) is 4.31 Å². The zero-order chi connectivity index (χ0) is 16.6. The predicted molar refractivity (Wildman–Crippen MR) is 83.2 cm³/mol. The Kier molecular flexibility index (Phi) is 4.26. The number of aryl methyl sites for hydroxylation is 3. The van der Waals surface area contributed by atoms with Crippen LogP contribution in [0.1, 0.15) is 17.3 Å². The molecule has 0 spiro atoms. The minimum absolute atomic E-state index is 0.204. The number of rotatable bonds is 4. The minimum Gasteiger partial charge on any atom is -0.360 e. The van der Waals surface area contributed by atoms with Crippen molar-refractivity contribution in [3.8, 4) is 0 Å². The van der Waals surface area contributed by atoms with Crippen molar-refractivity contribution >= 4 is 10.0 Å². The Hall–Kier alpha value is -1.71. The lowest BCUT2D eigenvalue weighted by Gasteiger charge is -2.33. The van der Waals surface area contributed by atoms with Gasteiger partial charge in [-0.15, -0.1) is 0 Å². The molecule has 2 aromatic heterocycles. The van der Waals surface area contributed by atoms with E-state index in [1.54, 1.807) is 20.0 Å². The molecule has 0 amide bonds. The highest BCUT2D eigenvalue weighted by molar-refractivity contribution is 7.89. The maximum absolute atomic E-state index is 12.8. The van der Waals surface area contributed by atoms with Gasteiger partial charge in [-0.3, -0.25) is 4.90 Å². The number of hydrogen-bond acceptors (Lipinski definition) is 6. The van der Waals surface area contributed by atoms with E-state index in [9.17, 15) is 8.42 Å². The molecule has 3 heterocycles. The van der Waals surface area contributed by atoms with Crippen LogP contribution in [-0.4, -0.2) is 58.5 Å².